The molecule has 1 fully saturated rings. The summed E-state index contributed by atoms with van der Waals surface area (Å²) in [6.45, 7) is 3.84. The van der Waals surface area contributed by atoms with E-state index in [-0.39, 0.29) is 12.4 Å². The van der Waals surface area contributed by atoms with Gasteiger partial charge < -0.3 is 10.0 Å². The summed E-state index contributed by atoms with van der Waals surface area (Å²) in [6.07, 6.45) is 0.896. The zero-order chi connectivity index (χ0) is 20.3. The summed E-state index contributed by atoms with van der Waals surface area (Å²) in [4.78, 5) is 17.5. The zero-order valence-corrected chi connectivity index (χ0v) is 18.5. The summed E-state index contributed by atoms with van der Waals surface area (Å²) in [6, 6.07) is 5.01. The quantitative estimate of drug-likeness (QED) is 0.656. The Bertz CT molecular complexity index is 812. The third kappa shape index (κ3) is 5.72. The molecule has 0 unspecified atom stereocenters. The van der Waals surface area contributed by atoms with Crippen LogP contribution in [0, 0.1) is 0 Å². The van der Waals surface area contributed by atoms with Gasteiger partial charge in [0.05, 0.1) is 6.61 Å². The average molecular weight is 486 g/mol. The van der Waals surface area contributed by atoms with Gasteiger partial charge in [-0.15, -0.1) is 0 Å². The number of hydrogen-bond acceptors (Lipinski definition) is 6. The molecule has 1 N–H and O–H groups in total. The van der Waals surface area contributed by atoms with Crippen LogP contribution < -0.4 is 4.90 Å². The van der Waals surface area contributed by atoms with Crippen LogP contribution in [0.4, 0.5) is 5.95 Å². The van der Waals surface area contributed by atoms with E-state index in [1.807, 2.05) is 4.90 Å². The minimum absolute atomic E-state index is 0.0325. The van der Waals surface area contributed by atoms with Crippen LogP contribution in [0.2, 0.25) is 10.0 Å². The summed E-state index contributed by atoms with van der Waals surface area (Å²) in [7, 11) is 0. The summed E-state index contributed by atoms with van der Waals surface area (Å²) in [5.41, 5.74) is 0.605. The standard InChI is InChI=1S/C17H18Cl5N5O/c18-12-8-11(9-13(19)10-12)14-23-15(17(20,21)22)25-16(24-14)27-3-1-2-26(4-5-27)6-7-28/h8-10,28H,1-7H2. The topological polar surface area (TPSA) is 65.4 Å². The summed E-state index contributed by atoms with van der Waals surface area (Å²) >= 11 is 30.4. The van der Waals surface area contributed by atoms with Gasteiger partial charge in [0.1, 0.15) is 0 Å². The van der Waals surface area contributed by atoms with Gasteiger partial charge in [0.25, 0.3) is 0 Å². The maximum absolute atomic E-state index is 9.17. The normalized spacial score (nSPS) is 16.3. The molecule has 11 heteroatoms. The van der Waals surface area contributed by atoms with E-state index >= 15 is 0 Å². The fourth-order valence-corrected chi connectivity index (χ4v) is 3.76. The van der Waals surface area contributed by atoms with E-state index < -0.39 is 3.79 Å². The smallest absolute Gasteiger partial charge is 0.250 e. The first-order valence-corrected chi connectivity index (χ1v) is 10.5. The van der Waals surface area contributed by atoms with Gasteiger partial charge in [0, 0.05) is 41.8 Å². The number of aliphatic hydroxyl groups is 1. The molecule has 3 rings (SSSR count). The molecule has 0 amide bonds. The first kappa shape index (κ1) is 22.1. The van der Waals surface area contributed by atoms with Gasteiger partial charge in [-0.05, 0) is 31.2 Å². The van der Waals surface area contributed by atoms with Crippen LogP contribution >= 0.6 is 58.0 Å². The molecular formula is C17H18Cl5N5O. The van der Waals surface area contributed by atoms with Crippen molar-refractivity contribution in [1.29, 1.82) is 0 Å². The molecule has 1 aliphatic rings. The van der Waals surface area contributed by atoms with E-state index in [9.17, 15) is 5.11 Å². The summed E-state index contributed by atoms with van der Waals surface area (Å²) in [5.74, 6) is 0.783. The fourth-order valence-electron chi connectivity index (χ4n) is 2.98. The average Bonchev–Trinajstić information content (AvgIpc) is 2.86. The number of alkyl halides is 3. The molecule has 0 radical (unpaired) electrons. The van der Waals surface area contributed by atoms with Gasteiger partial charge in [-0.1, -0.05) is 58.0 Å². The molecule has 0 spiro atoms. The van der Waals surface area contributed by atoms with Crippen molar-refractivity contribution in [2.24, 2.45) is 0 Å². The van der Waals surface area contributed by atoms with Gasteiger partial charge in [0.2, 0.25) is 9.74 Å². The van der Waals surface area contributed by atoms with E-state index in [2.05, 4.69) is 19.9 Å². The second kappa shape index (κ2) is 9.47. The molecule has 0 saturated carbocycles. The predicted octanol–water partition coefficient (Wildman–Crippen LogP) is 4.18. The highest BCUT2D eigenvalue weighted by atomic mass is 35.6. The second-order valence-corrected chi connectivity index (χ2v) is 9.50. The van der Waals surface area contributed by atoms with E-state index in [0.29, 0.717) is 40.5 Å². The molecule has 152 valence electrons. The number of β-amino-alcohol motifs (C(OH)–C–C–N with tert-alkyl or cyclic N) is 1. The Hall–Kier alpha value is -0.600. The van der Waals surface area contributed by atoms with Crippen LogP contribution in [0.5, 0.6) is 0 Å². The molecule has 1 aromatic heterocycles. The monoisotopic (exact) mass is 483 g/mol. The zero-order valence-electron chi connectivity index (χ0n) is 14.8. The van der Waals surface area contributed by atoms with Gasteiger partial charge >= 0.3 is 0 Å². The van der Waals surface area contributed by atoms with E-state index in [4.69, 9.17) is 58.0 Å². The lowest BCUT2D eigenvalue weighted by Gasteiger charge is -2.23. The van der Waals surface area contributed by atoms with Gasteiger partial charge in [-0.2, -0.15) is 9.97 Å². The highest BCUT2D eigenvalue weighted by molar-refractivity contribution is 6.66. The van der Waals surface area contributed by atoms with Gasteiger partial charge in [0.15, 0.2) is 11.6 Å². The Morgan fingerprint density at radius 1 is 0.929 bits per heavy atom. The molecular weight excluding hydrogens is 467 g/mol. The minimum atomic E-state index is -1.80. The molecule has 0 aliphatic carbocycles. The van der Waals surface area contributed by atoms with Crippen molar-refractivity contribution >= 4 is 64.0 Å². The number of halogens is 5. The maximum atomic E-state index is 9.17. The van der Waals surface area contributed by atoms with Crippen LogP contribution in [0.15, 0.2) is 18.2 Å². The number of aliphatic hydroxyl groups excluding tert-OH is 1. The Morgan fingerprint density at radius 2 is 1.64 bits per heavy atom. The van der Waals surface area contributed by atoms with Gasteiger partial charge in [-0.25, -0.2) is 4.98 Å². The largest absolute Gasteiger partial charge is 0.395 e. The van der Waals surface area contributed by atoms with Crippen molar-refractivity contribution in [2.75, 3.05) is 44.2 Å². The lowest BCUT2D eigenvalue weighted by atomic mass is 10.2. The van der Waals surface area contributed by atoms with Crippen molar-refractivity contribution in [1.82, 2.24) is 19.9 Å². The molecule has 2 heterocycles. The van der Waals surface area contributed by atoms with Crippen LogP contribution in [-0.4, -0.2) is 64.3 Å². The number of aromatic nitrogens is 3. The highest BCUT2D eigenvalue weighted by Crippen LogP contribution is 2.37. The molecule has 0 atom stereocenters. The maximum Gasteiger partial charge on any atom is 0.250 e. The Morgan fingerprint density at radius 3 is 2.29 bits per heavy atom. The van der Waals surface area contributed by atoms with Crippen molar-refractivity contribution in [3.63, 3.8) is 0 Å². The van der Waals surface area contributed by atoms with Crippen LogP contribution in [0.25, 0.3) is 11.4 Å². The first-order valence-electron chi connectivity index (χ1n) is 8.64. The fraction of sp³-hybridized carbons (Fsp3) is 0.471. The molecule has 6 nitrogen and oxygen atoms in total. The molecule has 1 saturated heterocycles. The third-order valence-corrected chi connectivity index (χ3v) is 5.23. The minimum Gasteiger partial charge on any atom is -0.395 e. The summed E-state index contributed by atoms with van der Waals surface area (Å²) < 4.78 is -1.80. The van der Waals surface area contributed by atoms with Crippen LogP contribution in [-0.2, 0) is 3.79 Å². The third-order valence-electron chi connectivity index (χ3n) is 4.29. The van der Waals surface area contributed by atoms with Crippen molar-refractivity contribution in [3.05, 3.63) is 34.1 Å². The van der Waals surface area contributed by atoms with Crippen molar-refractivity contribution in [2.45, 2.75) is 10.2 Å². The molecule has 1 aromatic carbocycles. The highest BCUT2D eigenvalue weighted by Gasteiger charge is 2.30. The first-order chi connectivity index (χ1) is 13.3. The van der Waals surface area contributed by atoms with Crippen LogP contribution in [0.1, 0.15) is 12.2 Å². The SMILES string of the molecule is OCCN1CCCN(c2nc(-c3cc(Cl)cc(Cl)c3)nc(C(Cl)(Cl)Cl)n2)CC1. The van der Waals surface area contributed by atoms with Crippen LogP contribution in [0.3, 0.4) is 0 Å². The summed E-state index contributed by atoms with van der Waals surface area (Å²) in [5, 5.41) is 10.1. The predicted molar refractivity (Wildman–Crippen MR) is 115 cm³/mol. The van der Waals surface area contributed by atoms with Crippen molar-refractivity contribution < 1.29 is 5.11 Å². The Kier molecular flexibility index (Phi) is 7.48. The van der Waals surface area contributed by atoms with E-state index in [0.717, 1.165) is 26.1 Å². The molecule has 0 bridgehead atoms. The number of hydrogen-bond donors (Lipinski definition) is 1. The number of rotatable bonds is 4. The van der Waals surface area contributed by atoms with Gasteiger partial charge in [-0.3, -0.25) is 4.90 Å². The molecule has 28 heavy (non-hydrogen) atoms. The number of benzene rings is 1. The number of anilines is 1. The Balaban J connectivity index is 1.99. The number of nitrogens with zero attached hydrogens (tertiary/aromatic N) is 5. The second-order valence-electron chi connectivity index (χ2n) is 6.34. The van der Waals surface area contributed by atoms with E-state index in [1.165, 1.54) is 0 Å². The van der Waals surface area contributed by atoms with Crippen molar-refractivity contribution in [3.8, 4) is 11.4 Å². The Labute approximate surface area is 188 Å². The van der Waals surface area contributed by atoms with E-state index in [1.54, 1.807) is 18.2 Å². The molecule has 2 aromatic rings. The lowest BCUT2D eigenvalue weighted by Crippen LogP contribution is -2.33. The lowest BCUT2D eigenvalue weighted by molar-refractivity contribution is 0.204. The molecule has 1 aliphatic heterocycles.